The molecule has 15 heavy (non-hydrogen) atoms. The maximum Gasteiger partial charge on any atom is 0.306 e. The summed E-state index contributed by atoms with van der Waals surface area (Å²) in [6.07, 6.45) is 2.52. The lowest BCUT2D eigenvalue weighted by atomic mass is 10.1. The minimum absolute atomic E-state index is 0.143. The molecular formula is C11H16O4. The van der Waals surface area contributed by atoms with Gasteiger partial charge in [-0.1, -0.05) is 12.3 Å². The SMILES string of the molecule is CC#CCOC(=O)CCCCCC(=O)O. The number of carbonyl (C=O) groups is 2. The second-order valence-electron chi connectivity index (χ2n) is 3.04. The van der Waals surface area contributed by atoms with Crippen molar-refractivity contribution in [1.29, 1.82) is 0 Å². The van der Waals surface area contributed by atoms with Gasteiger partial charge in [-0.25, -0.2) is 0 Å². The number of ether oxygens (including phenoxy) is 1. The van der Waals surface area contributed by atoms with Gasteiger partial charge in [-0.15, -0.1) is 5.92 Å². The van der Waals surface area contributed by atoms with Gasteiger partial charge in [0.15, 0.2) is 6.61 Å². The predicted molar refractivity (Wildman–Crippen MR) is 55.1 cm³/mol. The largest absolute Gasteiger partial charge is 0.481 e. The molecule has 4 heteroatoms. The number of hydrogen-bond acceptors (Lipinski definition) is 3. The Hall–Kier alpha value is -1.50. The Morgan fingerprint density at radius 2 is 1.87 bits per heavy atom. The average Bonchev–Trinajstić information content (AvgIpc) is 2.17. The molecule has 0 aromatic rings. The van der Waals surface area contributed by atoms with Crippen LogP contribution in [0.2, 0.25) is 0 Å². The lowest BCUT2D eigenvalue weighted by Crippen LogP contribution is -2.04. The van der Waals surface area contributed by atoms with Crippen LogP contribution in [0.25, 0.3) is 0 Å². The number of aliphatic carboxylic acids is 1. The van der Waals surface area contributed by atoms with Gasteiger partial charge in [-0.3, -0.25) is 9.59 Å². The van der Waals surface area contributed by atoms with E-state index < -0.39 is 5.97 Å². The summed E-state index contributed by atoms with van der Waals surface area (Å²) in [7, 11) is 0. The van der Waals surface area contributed by atoms with Crippen LogP contribution in [-0.2, 0) is 14.3 Å². The first-order valence-corrected chi connectivity index (χ1v) is 4.94. The molecule has 0 fully saturated rings. The molecule has 0 radical (unpaired) electrons. The van der Waals surface area contributed by atoms with Crippen LogP contribution in [0.15, 0.2) is 0 Å². The number of esters is 1. The second kappa shape index (κ2) is 9.07. The fourth-order valence-corrected chi connectivity index (χ4v) is 0.983. The molecule has 0 spiro atoms. The molecule has 0 aliphatic rings. The highest BCUT2D eigenvalue weighted by Crippen LogP contribution is 2.03. The van der Waals surface area contributed by atoms with Crippen LogP contribution in [0, 0.1) is 11.8 Å². The van der Waals surface area contributed by atoms with Crippen molar-refractivity contribution in [2.45, 2.75) is 39.0 Å². The molecule has 0 aromatic heterocycles. The fourth-order valence-electron chi connectivity index (χ4n) is 0.983. The van der Waals surface area contributed by atoms with Crippen molar-refractivity contribution in [2.75, 3.05) is 6.61 Å². The van der Waals surface area contributed by atoms with E-state index in [9.17, 15) is 9.59 Å². The second-order valence-corrected chi connectivity index (χ2v) is 3.04. The molecule has 84 valence electrons. The Morgan fingerprint density at radius 3 is 2.47 bits per heavy atom. The number of rotatable bonds is 7. The minimum Gasteiger partial charge on any atom is -0.481 e. The Balaban J connectivity index is 3.30. The molecule has 4 nitrogen and oxygen atoms in total. The zero-order valence-electron chi connectivity index (χ0n) is 8.91. The van der Waals surface area contributed by atoms with E-state index >= 15 is 0 Å². The Labute approximate surface area is 89.6 Å². The smallest absolute Gasteiger partial charge is 0.306 e. The first kappa shape index (κ1) is 13.5. The summed E-state index contributed by atoms with van der Waals surface area (Å²) in [5, 5.41) is 8.36. The third kappa shape index (κ3) is 10.4. The zero-order valence-corrected chi connectivity index (χ0v) is 8.91. The Bertz CT molecular complexity index is 259. The summed E-state index contributed by atoms with van der Waals surface area (Å²) in [4.78, 5) is 21.2. The van der Waals surface area contributed by atoms with Crippen molar-refractivity contribution in [3.8, 4) is 11.8 Å². The number of unbranched alkanes of at least 4 members (excludes halogenated alkanes) is 2. The van der Waals surface area contributed by atoms with Gasteiger partial charge in [-0.05, 0) is 19.8 Å². The monoisotopic (exact) mass is 212 g/mol. The van der Waals surface area contributed by atoms with Crippen LogP contribution < -0.4 is 0 Å². The predicted octanol–water partition coefficient (Wildman–Crippen LogP) is 1.59. The molecule has 0 aliphatic heterocycles. The molecule has 0 bridgehead atoms. The highest BCUT2D eigenvalue weighted by Gasteiger charge is 2.02. The molecule has 0 atom stereocenters. The van der Waals surface area contributed by atoms with Crippen LogP contribution in [0.5, 0.6) is 0 Å². The maximum atomic E-state index is 11.0. The number of carboxylic acids is 1. The number of carboxylic acid groups (broad SMARTS) is 1. The lowest BCUT2D eigenvalue weighted by Gasteiger charge is -2.00. The van der Waals surface area contributed by atoms with E-state index in [0.717, 1.165) is 6.42 Å². The quantitative estimate of drug-likeness (QED) is 0.395. The third-order valence-electron chi connectivity index (χ3n) is 1.75. The first-order valence-electron chi connectivity index (χ1n) is 4.94. The summed E-state index contributed by atoms with van der Waals surface area (Å²) in [5.74, 6) is 4.18. The zero-order chi connectivity index (χ0) is 11.5. The van der Waals surface area contributed by atoms with Crippen molar-refractivity contribution >= 4 is 11.9 Å². The molecule has 0 aromatic carbocycles. The summed E-state index contributed by atoms with van der Waals surface area (Å²) in [5.41, 5.74) is 0. The molecular weight excluding hydrogens is 196 g/mol. The normalized spacial score (nSPS) is 8.87. The van der Waals surface area contributed by atoms with E-state index in [4.69, 9.17) is 9.84 Å². The molecule has 1 N–H and O–H groups in total. The van der Waals surface area contributed by atoms with E-state index in [-0.39, 0.29) is 19.0 Å². The molecule has 0 aliphatic carbocycles. The molecule has 0 saturated heterocycles. The van der Waals surface area contributed by atoms with E-state index in [1.165, 1.54) is 0 Å². The van der Waals surface area contributed by atoms with Crippen molar-refractivity contribution in [3.63, 3.8) is 0 Å². The number of hydrogen-bond donors (Lipinski definition) is 1. The van der Waals surface area contributed by atoms with Gasteiger partial charge in [0.2, 0.25) is 0 Å². The summed E-state index contributed by atoms with van der Waals surface area (Å²) >= 11 is 0. The van der Waals surface area contributed by atoms with Gasteiger partial charge < -0.3 is 9.84 Å². The summed E-state index contributed by atoms with van der Waals surface area (Å²) < 4.78 is 4.78. The standard InChI is InChI=1S/C11H16O4/c1-2-3-9-15-11(14)8-6-4-5-7-10(12)13/h4-9H2,1H3,(H,12,13). The highest BCUT2D eigenvalue weighted by molar-refractivity contribution is 5.69. The topological polar surface area (TPSA) is 63.6 Å². The van der Waals surface area contributed by atoms with Crippen molar-refractivity contribution in [2.24, 2.45) is 0 Å². The summed E-state index contributed by atoms with van der Waals surface area (Å²) in [6, 6.07) is 0. The third-order valence-corrected chi connectivity index (χ3v) is 1.75. The van der Waals surface area contributed by atoms with Gasteiger partial charge in [0, 0.05) is 12.8 Å². The van der Waals surface area contributed by atoms with Crippen LogP contribution in [-0.4, -0.2) is 23.7 Å². The highest BCUT2D eigenvalue weighted by atomic mass is 16.5. The lowest BCUT2D eigenvalue weighted by molar-refractivity contribution is -0.142. The first-order chi connectivity index (χ1) is 7.16. The molecule has 0 heterocycles. The van der Waals surface area contributed by atoms with E-state index in [1.54, 1.807) is 6.92 Å². The van der Waals surface area contributed by atoms with E-state index in [0.29, 0.717) is 19.3 Å². The van der Waals surface area contributed by atoms with Crippen molar-refractivity contribution in [1.82, 2.24) is 0 Å². The van der Waals surface area contributed by atoms with Gasteiger partial charge in [0.1, 0.15) is 0 Å². The number of carbonyl (C=O) groups excluding carboxylic acids is 1. The van der Waals surface area contributed by atoms with Gasteiger partial charge >= 0.3 is 11.9 Å². The van der Waals surface area contributed by atoms with Gasteiger partial charge in [-0.2, -0.15) is 0 Å². The van der Waals surface area contributed by atoms with E-state index in [2.05, 4.69) is 11.8 Å². The summed E-state index contributed by atoms with van der Waals surface area (Å²) in [6.45, 7) is 1.82. The van der Waals surface area contributed by atoms with Gasteiger partial charge in [0.05, 0.1) is 0 Å². The van der Waals surface area contributed by atoms with Gasteiger partial charge in [0.25, 0.3) is 0 Å². The van der Waals surface area contributed by atoms with E-state index in [1.807, 2.05) is 0 Å². The molecule has 0 unspecified atom stereocenters. The van der Waals surface area contributed by atoms with Crippen molar-refractivity contribution in [3.05, 3.63) is 0 Å². The minimum atomic E-state index is -0.796. The van der Waals surface area contributed by atoms with Crippen molar-refractivity contribution < 1.29 is 19.4 Å². The maximum absolute atomic E-state index is 11.0. The molecule has 0 amide bonds. The fraction of sp³-hybridized carbons (Fsp3) is 0.636. The Morgan fingerprint density at radius 1 is 1.20 bits per heavy atom. The van der Waals surface area contributed by atoms with Crippen LogP contribution in [0.1, 0.15) is 39.0 Å². The van der Waals surface area contributed by atoms with Crippen LogP contribution >= 0.6 is 0 Å². The van der Waals surface area contributed by atoms with Crippen LogP contribution in [0.3, 0.4) is 0 Å². The van der Waals surface area contributed by atoms with Crippen LogP contribution in [0.4, 0.5) is 0 Å². The average molecular weight is 212 g/mol. The Kier molecular flexibility index (Phi) is 8.16. The molecule has 0 rings (SSSR count). The molecule has 0 saturated carbocycles.